The van der Waals surface area contributed by atoms with Crippen molar-refractivity contribution < 1.29 is 9.47 Å². The Hall–Kier alpha value is -1.26. The monoisotopic (exact) mass is 278 g/mol. The highest BCUT2D eigenvalue weighted by Crippen LogP contribution is 2.27. The predicted octanol–water partition coefficient (Wildman–Crippen LogP) is 2.11. The number of rotatable bonds is 6. The van der Waals surface area contributed by atoms with Crippen molar-refractivity contribution in [3.05, 3.63) is 23.8 Å². The summed E-state index contributed by atoms with van der Waals surface area (Å²) < 4.78 is 10.6. The molecule has 1 aliphatic carbocycles. The fraction of sp³-hybridized carbons (Fsp3) is 0.625. The Morgan fingerprint density at radius 2 is 1.90 bits per heavy atom. The van der Waals surface area contributed by atoms with Crippen LogP contribution in [0.2, 0.25) is 0 Å². The van der Waals surface area contributed by atoms with Crippen molar-refractivity contribution in [2.45, 2.75) is 44.2 Å². The van der Waals surface area contributed by atoms with Gasteiger partial charge in [-0.15, -0.1) is 0 Å². The Morgan fingerprint density at radius 3 is 2.60 bits per heavy atom. The highest BCUT2D eigenvalue weighted by Gasteiger charge is 2.20. The molecule has 0 unspecified atom stereocenters. The van der Waals surface area contributed by atoms with Gasteiger partial charge in [-0.25, -0.2) is 0 Å². The normalized spacial score (nSPS) is 22.6. The third-order valence-corrected chi connectivity index (χ3v) is 4.09. The summed E-state index contributed by atoms with van der Waals surface area (Å²) in [7, 11) is 3.32. The highest BCUT2D eigenvalue weighted by molar-refractivity contribution is 5.42. The van der Waals surface area contributed by atoms with Gasteiger partial charge in [-0.05, 0) is 43.5 Å². The minimum Gasteiger partial charge on any atom is -0.493 e. The molecule has 0 radical (unpaired) electrons. The molecule has 1 saturated carbocycles. The van der Waals surface area contributed by atoms with E-state index in [1.807, 2.05) is 12.1 Å². The fourth-order valence-electron chi connectivity index (χ4n) is 2.85. The lowest BCUT2D eigenvalue weighted by atomic mass is 9.91. The molecule has 1 aromatic rings. The molecular weight excluding hydrogens is 252 g/mol. The maximum atomic E-state index is 6.14. The third kappa shape index (κ3) is 3.87. The molecule has 4 nitrogen and oxygen atoms in total. The molecule has 0 heterocycles. The van der Waals surface area contributed by atoms with E-state index in [0.717, 1.165) is 30.9 Å². The number of benzene rings is 1. The van der Waals surface area contributed by atoms with E-state index in [2.05, 4.69) is 11.4 Å². The van der Waals surface area contributed by atoms with Crippen LogP contribution in [0.25, 0.3) is 0 Å². The van der Waals surface area contributed by atoms with Gasteiger partial charge in [-0.3, -0.25) is 0 Å². The Kier molecular flexibility index (Phi) is 5.68. The van der Waals surface area contributed by atoms with Crippen molar-refractivity contribution in [2.75, 3.05) is 20.8 Å². The molecule has 4 heteroatoms. The maximum Gasteiger partial charge on any atom is 0.160 e. The van der Waals surface area contributed by atoms with Crippen LogP contribution in [0.3, 0.4) is 0 Å². The van der Waals surface area contributed by atoms with E-state index in [1.54, 1.807) is 14.2 Å². The molecule has 2 atom stereocenters. The van der Waals surface area contributed by atoms with Crippen LogP contribution in [0.4, 0.5) is 0 Å². The summed E-state index contributed by atoms with van der Waals surface area (Å²) in [5.41, 5.74) is 7.39. The second kappa shape index (κ2) is 7.50. The zero-order valence-corrected chi connectivity index (χ0v) is 12.5. The average Bonchev–Trinajstić information content (AvgIpc) is 2.49. The van der Waals surface area contributed by atoms with Gasteiger partial charge in [0.1, 0.15) is 0 Å². The quantitative estimate of drug-likeness (QED) is 0.837. The van der Waals surface area contributed by atoms with Gasteiger partial charge in [0.2, 0.25) is 0 Å². The first-order chi connectivity index (χ1) is 9.74. The summed E-state index contributed by atoms with van der Waals surface area (Å²) in [6.45, 7) is 0.952. The number of hydrogen-bond acceptors (Lipinski definition) is 4. The van der Waals surface area contributed by atoms with Crippen LogP contribution >= 0.6 is 0 Å². The molecule has 0 aromatic heterocycles. The average molecular weight is 278 g/mol. The van der Waals surface area contributed by atoms with Gasteiger partial charge in [0.25, 0.3) is 0 Å². The predicted molar refractivity (Wildman–Crippen MR) is 81.5 cm³/mol. The summed E-state index contributed by atoms with van der Waals surface area (Å²) >= 11 is 0. The van der Waals surface area contributed by atoms with Crippen molar-refractivity contribution in [3.8, 4) is 11.5 Å². The summed E-state index contributed by atoms with van der Waals surface area (Å²) in [6, 6.07) is 6.88. The molecule has 0 bridgehead atoms. The number of hydrogen-bond donors (Lipinski definition) is 2. The van der Waals surface area contributed by atoms with E-state index in [-0.39, 0.29) is 0 Å². The van der Waals surface area contributed by atoms with E-state index in [1.165, 1.54) is 24.8 Å². The standard InChI is InChI=1S/C16H26N2O2/c1-19-15-8-7-12(11-16(15)20-2)9-10-18-14-6-4-3-5-13(14)17/h7-8,11,13-14,18H,3-6,9-10,17H2,1-2H3/t13-,14+/m1/s1. The van der Waals surface area contributed by atoms with Crippen LogP contribution in [0.5, 0.6) is 11.5 Å². The molecule has 20 heavy (non-hydrogen) atoms. The van der Waals surface area contributed by atoms with Crippen LogP contribution < -0.4 is 20.5 Å². The van der Waals surface area contributed by atoms with E-state index in [9.17, 15) is 0 Å². The number of nitrogens with two attached hydrogens (primary N) is 1. The summed E-state index contributed by atoms with van der Waals surface area (Å²) in [5, 5.41) is 3.59. The van der Waals surface area contributed by atoms with Crippen LogP contribution in [-0.4, -0.2) is 32.8 Å². The molecule has 0 amide bonds. The first-order valence-electron chi connectivity index (χ1n) is 7.44. The Bertz CT molecular complexity index is 423. The molecule has 0 spiro atoms. The summed E-state index contributed by atoms with van der Waals surface area (Å²) in [4.78, 5) is 0. The SMILES string of the molecule is COc1ccc(CCN[C@H]2CCCC[C@H]2N)cc1OC. The van der Waals surface area contributed by atoms with Gasteiger partial charge >= 0.3 is 0 Å². The molecule has 112 valence electrons. The second-order valence-electron chi connectivity index (χ2n) is 5.45. The van der Waals surface area contributed by atoms with Gasteiger partial charge in [-0.1, -0.05) is 18.9 Å². The molecular formula is C16H26N2O2. The van der Waals surface area contributed by atoms with E-state index < -0.39 is 0 Å². The first-order valence-corrected chi connectivity index (χ1v) is 7.44. The molecule has 0 aliphatic heterocycles. The molecule has 1 fully saturated rings. The van der Waals surface area contributed by atoms with Gasteiger partial charge in [0.15, 0.2) is 11.5 Å². The summed E-state index contributed by atoms with van der Waals surface area (Å²) in [5.74, 6) is 1.57. The maximum absolute atomic E-state index is 6.14. The number of ether oxygens (including phenoxy) is 2. The lowest BCUT2D eigenvalue weighted by Gasteiger charge is -2.29. The van der Waals surface area contributed by atoms with E-state index in [4.69, 9.17) is 15.2 Å². The molecule has 3 N–H and O–H groups in total. The van der Waals surface area contributed by atoms with Crippen LogP contribution in [0, 0.1) is 0 Å². The second-order valence-corrected chi connectivity index (χ2v) is 5.45. The lowest BCUT2D eigenvalue weighted by Crippen LogP contribution is -2.47. The number of methoxy groups -OCH3 is 2. The Balaban J connectivity index is 1.84. The minimum absolute atomic E-state index is 0.314. The number of nitrogens with one attached hydrogen (secondary N) is 1. The Labute approximate surface area is 121 Å². The van der Waals surface area contributed by atoms with E-state index in [0.29, 0.717) is 12.1 Å². The van der Waals surface area contributed by atoms with Crippen molar-refractivity contribution in [3.63, 3.8) is 0 Å². The molecule has 0 saturated heterocycles. The molecule has 1 aliphatic rings. The lowest BCUT2D eigenvalue weighted by molar-refractivity contribution is 0.329. The van der Waals surface area contributed by atoms with Crippen LogP contribution in [0.15, 0.2) is 18.2 Å². The zero-order valence-electron chi connectivity index (χ0n) is 12.5. The van der Waals surface area contributed by atoms with Gasteiger partial charge in [-0.2, -0.15) is 0 Å². The van der Waals surface area contributed by atoms with Gasteiger partial charge in [0, 0.05) is 12.1 Å². The van der Waals surface area contributed by atoms with Crippen molar-refractivity contribution in [2.24, 2.45) is 5.73 Å². The van der Waals surface area contributed by atoms with Crippen molar-refractivity contribution in [1.29, 1.82) is 0 Å². The van der Waals surface area contributed by atoms with Crippen molar-refractivity contribution >= 4 is 0 Å². The highest BCUT2D eigenvalue weighted by atomic mass is 16.5. The topological polar surface area (TPSA) is 56.5 Å². The molecule has 2 rings (SSSR count). The van der Waals surface area contributed by atoms with Gasteiger partial charge in [0.05, 0.1) is 14.2 Å². The van der Waals surface area contributed by atoms with Crippen LogP contribution in [-0.2, 0) is 6.42 Å². The summed E-state index contributed by atoms with van der Waals surface area (Å²) in [6.07, 6.45) is 5.89. The zero-order chi connectivity index (χ0) is 14.4. The minimum atomic E-state index is 0.314. The first kappa shape index (κ1) is 15.1. The third-order valence-electron chi connectivity index (χ3n) is 4.09. The molecule has 1 aromatic carbocycles. The van der Waals surface area contributed by atoms with Crippen LogP contribution in [0.1, 0.15) is 31.2 Å². The van der Waals surface area contributed by atoms with Gasteiger partial charge < -0.3 is 20.5 Å². The largest absolute Gasteiger partial charge is 0.493 e. The fourth-order valence-corrected chi connectivity index (χ4v) is 2.85. The Morgan fingerprint density at radius 1 is 1.15 bits per heavy atom. The van der Waals surface area contributed by atoms with Crippen molar-refractivity contribution in [1.82, 2.24) is 5.32 Å². The van der Waals surface area contributed by atoms with E-state index >= 15 is 0 Å². The smallest absolute Gasteiger partial charge is 0.160 e.